The van der Waals surface area contributed by atoms with E-state index in [0.717, 1.165) is 17.7 Å². The maximum Gasteiger partial charge on any atom is 0.306 e. The molecule has 2 atom stereocenters. The minimum absolute atomic E-state index is 0.136. The van der Waals surface area contributed by atoms with Gasteiger partial charge in [-0.05, 0) is 37.0 Å². The number of rotatable bonds is 8. The SMILES string of the molecule is CCC[C@](C#N)(c1cccc(OC)c1)[C@@H](C)CC(=O)OCC. The van der Waals surface area contributed by atoms with Crippen molar-refractivity contribution in [3.63, 3.8) is 0 Å². The third-order valence-electron chi connectivity index (χ3n) is 4.05. The zero-order valence-corrected chi connectivity index (χ0v) is 13.9. The summed E-state index contributed by atoms with van der Waals surface area (Å²) in [5.41, 5.74) is 0.184. The summed E-state index contributed by atoms with van der Waals surface area (Å²) in [6.07, 6.45) is 1.79. The van der Waals surface area contributed by atoms with E-state index in [9.17, 15) is 10.1 Å². The fourth-order valence-corrected chi connectivity index (χ4v) is 2.84. The van der Waals surface area contributed by atoms with Gasteiger partial charge in [0, 0.05) is 6.42 Å². The molecule has 4 nitrogen and oxygen atoms in total. The van der Waals surface area contributed by atoms with Gasteiger partial charge < -0.3 is 9.47 Å². The molecular formula is C18H25NO3. The van der Waals surface area contributed by atoms with Crippen LogP contribution in [0.4, 0.5) is 0 Å². The molecule has 0 N–H and O–H groups in total. The predicted octanol–water partition coefficient (Wildman–Crippen LogP) is 3.85. The van der Waals surface area contributed by atoms with Crippen molar-refractivity contribution >= 4 is 5.97 Å². The molecule has 0 bridgehead atoms. The highest BCUT2D eigenvalue weighted by atomic mass is 16.5. The lowest BCUT2D eigenvalue weighted by molar-refractivity contribution is -0.144. The van der Waals surface area contributed by atoms with Gasteiger partial charge in [0.05, 0.1) is 25.2 Å². The Morgan fingerprint density at radius 3 is 2.68 bits per heavy atom. The van der Waals surface area contributed by atoms with E-state index in [1.165, 1.54) is 0 Å². The van der Waals surface area contributed by atoms with Gasteiger partial charge in [-0.3, -0.25) is 4.79 Å². The second-order valence-corrected chi connectivity index (χ2v) is 5.48. The molecule has 0 aromatic heterocycles. The maximum absolute atomic E-state index is 11.8. The number of hydrogen-bond acceptors (Lipinski definition) is 4. The number of nitriles is 1. The topological polar surface area (TPSA) is 59.3 Å². The van der Waals surface area contributed by atoms with Crippen LogP contribution in [-0.4, -0.2) is 19.7 Å². The van der Waals surface area contributed by atoms with Crippen LogP contribution in [0.15, 0.2) is 24.3 Å². The van der Waals surface area contributed by atoms with Gasteiger partial charge in [-0.1, -0.05) is 32.4 Å². The first kappa shape index (κ1) is 18.0. The van der Waals surface area contributed by atoms with Gasteiger partial charge in [0.1, 0.15) is 5.75 Å². The number of esters is 1. The smallest absolute Gasteiger partial charge is 0.306 e. The van der Waals surface area contributed by atoms with E-state index in [2.05, 4.69) is 6.07 Å². The van der Waals surface area contributed by atoms with Crippen molar-refractivity contribution in [2.45, 2.75) is 45.4 Å². The molecule has 0 saturated heterocycles. The third kappa shape index (κ3) is 4.00. The Labute approximate surface area is 133 Å². The molecule has 0 fully saturated rings. The summed E-state index contributed by atoms with van der Waals surface area (Å²) >= 11 is 0. The molecule has 0 radical (unpaired) electrons. The van der Waals surface area contributed by atoms with Crippen LogP contribution >= 0.6 is 0 Å². The highest BCUT2D eigenvalue weighted by Gasteiger charge is 2.39. The van der Waals surface area contributed by atoms with Gasteiger partial charge in [-0.2, -0.15) is 5.26 Å². The Hall–Kier alpha value is -2.02. The summed E-state index contributed by atoms with van der Waals surface area (Å²) in [6, 6.07) is 10.0. The Morgan fingerprint density at radius 2 is 2.14 bits per heavy atom. The van der Waals surface area contributed by atoms with E-state index in [1.54, 1.807) is 14.0 Å². The first-order chi connectivity index (χ1) is 10.5. The number of nitrogens with zero attached hydrogens (tertiary/aromatic N) is 1. The van der Waals surface area contributed by atoms with E-state index in [0.29, 0.717) is 13.0 Å². The minimum Gasteiger partial charge on any atom is -0.497 e. The molecule has 120 valence electrons. The number of carbonyl (C=O) groups is 1. The van der Waals surface area contributed by atoms with Gasteiger partial charge in [0.25, 0.3) is 0 Å². The van der Waals surface area contributed by atoms with Crippen molar-refractivity contribution in [1.82, 2.24) is 0 Å². The molecule has 0 amide bonds. The van der Waals surface area contributed by atoms with Crippen LogP contribution in [0.1, 0.15) is 45.6 Å². The molecular weight excluding hydrogens is 278 g/mol. The summed E-state index contributed by atoms with van der Waals surface area (Å²) in [6.45, 7) is 6.13. The van der Waals surface area contributed by atoms with Gasteiger partial charge in [0.2, 0.25) is 0 Å². The Bertz CT molecular complexity index is 535. The van der Waals surface area contributed by atoms with E-state index < -0.39 is 5.41 Å². The molecule has 0 unspecified atom stereocenters. The predicted molar refractivity (Wildman–Crippen MR) is 85.6 cm³/mol. The van der Waals surface area contributed by atoms with Crippen molar-refractivity contribution in [2.24, 2.45) is 5.92 Å². The Morgan fingerprint density at radius 1 is 1.41 bits per heavy atom. The maximum atomic E-state index is 11.8. The molecule has 0 spiro atoms. The number of ether oxygens (including phenoxy) is 2. The largest absolute Gasteiger partial charge is 0.497 e. The lowest BCUT2D eigenvalue weighted by atomic mass is 9.68. The number of methoxy groups -OCH3 is 1. The van der Waals surface area contributed by atoms with Gasteiger partial charge in [0.15, 0.2) is 0 Å². The van der Waals surface area contributed by atoms with Crippen molar-refractivity contribution in [2.75, 3.05) is 13.7 Å². The van der Waals surface area contributed by atoms with Gasteiger partial charge in [-0.15, -0.1) is 0 Å². The third-order valence-corrected chi connectivity index (χ3v) is 4.05. The summed E-state index contributed by atoms with van der Waals surface area (Å²) in [5, 5.41) is 9.89. The fraction of sp³-hybridized carbons (Fsp3) is 0.556. The molecule has 0 saturated carbocycles. The molecule has 22 heavy (non-hydrogen) atoms. The zero-order valence-electron chi connectivity index (χ0n) is 13.9. The second-order valence-electron chi connectivity index (χ2n) is 5.48. The number of hydrogen-bond donors (Lipinski definition) is 0. The Balaban J connectivity index is 3.18. The van der Waals surface area contributed by atoms with Crippen LogP contribution in [0.3, 0.4) is 0 Å². The van der Waals surface area contributed by atoms with Crippen molar-refractivity contribution < 1.29 is 14.3 Å². The second kappa shape index (κ2) is 8.43. The number of benzene rings is 1. The van der Waals surface area contributed by atoms with Crippen molar-refractivity contribution in [1.29, 1.82) is 5.26 Å². The number of carbonyl (C=O) groups excluding carboxylic acids is 1. The van der Waals surface area contributed by atoms with E-state index in [-0.39, 0.29) is 18.3 Å². The summed E-state index contributed by atoms with van der Waals surface area (Å²) in [7, 11) is 1.61. The summed E-state index contributed by atoms with van der Waals surface area (Å²) in [4.78, 5) is 11.8. The van der Waals surface area contributed by atoms with Crippen LogP contribution in [0.2, 0.25) is 0 Å². The zero-order chi connectivity index (χ0) is 16.6. The van der Waals surface area contributed by atoms with Crippen LogP contribution in [0.5, 0.6) is 5.75 Å². The standard InChI is InChI=1S/C18H25NO3/c1-5-10-18(13-19,14(3)11-17(20)22-6-2)15-8-7-9-16(12-15)21-4/h7-9,12,14H,5-6,10-11H2,1-4H3/t14-,18+/m0/s1. The molecule has 0 aliphatic rings. The first-order valence-corrected chi connectivity index (χ1v) is 7.75. The summed E-state index contributed by atoms with van der Waals surface area (Å²) < 4.78 is 10.3. The van der Waals surface area contributed by atoms with Crippen LogP contribution < -0.4 is 4.74 Å². The highest BCUT2D eigenvalue weighted by Crippen LogP contribution is 2.39. The highest BCUT2D eigenvalue weighted by molar-refractivity contribution is 5.70. The molecule has 1 rings (SSSR count). The first-order valence-electron chi connectivity index (χ1n) is 7.75. The average molecular weight is 303 g/mol. The molecule has 0 aliphatic carbocycles. The average Bonchev–Trinajstić information content (AvgIpc) is 2.52. The molecule has 1 aromatic carbocycles. The van der Waals surface area contributed by atoms with E-state index >= 15 is 0 Å². The van der Waals surface area contributed by atoms with Crippen LogP contribution in [0, 0.1) is 17.2 Å². The Kier molecular flexibility index (Phi) is 6.91. The molecule has 0 aliphatic heterocycles. The van der Waals surface area contributed by atoms with E-state index in [4.69, 9.17) is 9.47 Å². The van der Waals surface area contributed by atoms with E-state index in [1.807, 2.05) is 38.1 Å². The lowest BCUT2D eigenvalue weighted by Crippen LogP contribution is -2.34. The van der Waals surface area contributed by atoms with Gasteiger partial charge in [-0.25, -0.2) is 0 Å². The minimum atomic E-state index is -0.712. The lowest BCUT2D eigenvalue weighted by Gasteiger charge is -2.33. The monoisotopic (exact) mass is 303 g/mol. The molecule has 1 aromatic rings. The van der Waals surface area contributed by atoms with Gasteiger partial charge >= 0.3 is 5.97 Å². The fourth-order valence-electron chi connectivity index (χ4n) is 2.84. The molecule has 0 heterocycles. The normalized spacial score (nSPS) is 14.5. The van der Waals surface area contributed by atoms with Crippen molar-refractivity contribution in [3.05, 3.63) is 29.8 Å². The quantitative estimate of drug-likeness (QED) is 0.684. The van der Waals surface area contributed by atoms with Crippen molar-refractivity contribution in [3.8, 4) is 11.8 Å². The van der Waals surface area contributed by atoms with Crippen LogP contribution in [0.25, 0.3) is 0 Å². The van der Waals surface area contributed by atoms with Crippen LogP contribution in [-0.2, 0) is 14.9 Å². The summed E-state index contributed by atoms with van der Waals surface area (Å²) in [5.74, 6) is 0.328. The molecule has 4 heteroatoms.